The topological polar surface area (TPSA) is 64.2 Å². The Bertz CT molecular complexity index is 905. The standard InChI is InChI=1S/C24H24N2O3/c27-23(26-20-12-13-21-22(16-20)29-15-7-14-28-21)17-25-24(18-8-3-1-4-9-18)19-10-5-2-6-11-19/h1-6,8-13,16,24-25H,7,14-15,17H2,(H,26,27)/p+1. The quantitative estimate of drug-likeness (QED) is 0.681. The van der Waals surface area contributed by atoms with Crippen LogP contribution in [0, 0.1) is 0 Å². The molecule has 0 radical (unpaired) electrons. The van der Waals surface area contributed by atoms with Crippen LogP contribution in [0.4, 0.5) is 5.69 Å². The van der Waals surface area contributed by atoms with Crippen LogP contribution in [0.1, 0.15) is 23.6 Å². The molecule has 0 spiro atoms. The summed E-state index contributed by atoms with van der Waals surface area (Å²) < 4.78 is 11.3. The smallest absolute Gasteiger partial charge is 0.279 e. The third-order valence-electron chi connectivity index (χ3n) is 4.89. The lowest BCUT2D eigenvalue weighted by atomic mass is 9.99. The Hall–Kier alpha value is -3.31. The first-order valence-electron chi connectivity index (χ1n) is 9.92. The lowest BCUT2D eigenvalue weighted by Gasteiger charge is -2.16. The predicted octanol–water partition coefficient (Wildman–Crippen LogP) is 3.14. The number of hydrogen-bond acceptors (Lipinski definition) is 3. The molecule has 3 N–H and O–H groups in total. The molecular weight excluding hydrogens is 364 g/mol. The molecule has 0 saturated heterocycles. The maximum Gasteiger partial charge on any atom is 0.279 e. The van der Waals surface area contributed by atoms with Crippen LogP contribution in [0.3, 0.4) is 0 Å². The van der Waals surface area contributed by atoms with Crippen molar-refractivity contribution in [2.24, 2.45) is 0 Å². The summed E-state index contributed by atoms with van der Waals surface area (Å²) in [6.45, 7) is 1.57. The second-order valence-corrected chi connectivity index (χ2v) is 7.00. The zero-order valence-corrected chi connectivity index (χ0v) is 16.2. The summed E-state index contributed by atoms with van der Waals surface area (Å²) in [6.07, 6.45) is 0.853. The summed E-state index contributed by atoms with van der Waals surface area (Å²) in [4.78, 5) is 12.6. The summed E-state index contributed by atoms with van der Waals surface area (Å²) >= 11 is 0. The monoisotopic (exact) mass is 389 g/mol. The highest BCUT2D eigenvalue weighted by molar-refractivity contribution is 5.91. The summed E-state index contributed by atoms with van der Waals surface area (Å²) in [5.74, 6) is 1.34. The number of ether oxygens (including phenoxy) is 2. The molecular formula is C24H25N2O3+. The third-order valence-corrected chi connectivity index (χ3v) is 4.89. The summed E-state index contributed by atoms with van der Waals surface area (Å²) in [7, 11) is 0. The van der Waals surface area contributed by atoms with Gasteiger partial charge in [-0.15, -0.1) is 0 Å². The first kappa shape index (κ1) is 19.0. The number of amides is 1. The van der Waals surface area contributed by atoms with Crippen molar-refractivity contribution in [1.29, 1.82) is 0 Å². The third kappa shape index (κ3) is 4.95. The van der Waals surface area contributed by atoms with E-state index >= 15 is 0 Å². The first-order chi connectivity index (χ1) is 14.3. The minimum Gasteiger partial charge on any atom is -0.490 e. The van der Waals surface area contributed by atoms with Crippen molar-refractivity contribution in [3.05, 3.63) is 90.0 Å². The van der Waals surface area contributed by atoms with Crippen LogP contribution in [0.15, 0.2) is 78.9 Å². The van der Waals surface area contributed by atoms with Crippen LogP contribution in [-0.4, -0.2) is 25.7 Å². The Morgan fingerprint density at radius 1 is 0.862 bits per heavy atom. The Kier molecular flexibility index (Phi) is 6.07. The first-order valence-corrected chi connectivity index (χ1v) is 9.92. The van der Waals surface area contributed by atoms with Crippen molar-refractivity contribution >= 4 is 11.6 Å². The van der Waals surface area contributed by atoms with Gasteiger partial charge in [-0.1, -0.05) is 60.7 Å². The van der Waals surface area contributed by atoms with Gasteiger partial charge in [-0.2, -0.15) is 0 Å². The van der Waals surface area contributed by atoms with Gasteiger partial charge in [0.1, 0.15) is 6.04 Å². The average molecular weight is 389 g/mol. The van der Waals surface area contributed by atoms with E-state index in [2.05, 4.69) is 34.9 Å². The Morgan fingerprint density at radius 3 is 2.14 bits per heavy atom. The molecule has 0 unspecified atom stereocenters. The van der Waals surface area contributed by atoms with Crippen LogP contribution >= 0.6 is 0 Å². The van der Waals surface area contributed by atoms with Gasteiger partial charge in [0.25, 0.3) is 5.91 Å². The van der Waals surface area contributed by atoms with E-state index in [9.17, 15) is 4.79 Å². The van der Waals surface area contributed by atoms with Gasteiger partial charge >= 0.3 is 0 Å². The molecule has 3 aromatic carbocycles. The second-order valence-electron chi connectivity index (χ2n) is 7.00. The van der Waals surface area contributed by atoms with E-state index in [1.165, 1.54) is 11.1 Å². The number of anilines is 1. The summed E-state index contributed by atoms with van der Waals surface area (Å²) in [5, 5.41) is 5.02. The van der Waals surface area contributed by atoms with Crippen molar-refractivity contribution in [3.63, 3.8) is 0 Å². The van der Waals surface area contributed by atoms with E-state index in [1.807, 2.05) is 54.6 Å². The molecule has 0 aliphatic carbocycles. The maximum absolute atomic E-state index is 12.6. The van der Waals surface area contributed by atoms with Gasteiger partial charge in [0, 0.05) is 29.3 Å². The minimum absolute atomic E-state index is 0.0589. The van der Waals surface area contributed by atoms with Crippen LogP contribution < -0.4 is 20.1 Å². The van der Waals surface area contributed by atoms with Crippen molar-refractivity contribution in [2.75, 3.05) is 25.1 Å². The zero-order valence-electron chi connectivity index (χ0n) is 16.2. The molecule has 148 valence electrons. The second kappa shape index (κ2) is 9.26. The fourth-order valence-corrected chi connectivity index (χ4v) is 3.46. The molecule has 1 heterocycles. The molecule has 3 aromatic rings. The highest BCUT2D eigenvalue weighted by atomic mass is 16.5. The van der Waals surface area contributed by atoms with Gasteiger partial charge in [-0.05, 0) is 12.1 Å². The number of hydrogen-bond donors (Lipinski definition) is 2. The number of carbonyl (C=O) groups is 1. The zero-order chi connectivity index (χ0) is 19.9. The molecule has 1 aliphatic rings. The number of benzene rings is 3. The van der Waals surface area contributed by atoms with Gasteiger partial charge in [-0.3, -0.25) is 4.79 Å². The van der Waals surface area contributed by atoms with Crippen molar-refractivity contribution < 1.29 is 19.6 Å². The lowest BCUT2D eigenvalue weighted by molar-refractivity contribution is -0.676. The minimum atomic E-state index is -0.0589. The van der Waals surface area contributed by atoms with Crippen molar-refractivity contribution in [2.45, 2.75) is 12.5 Å². The molecule has 5 nitrogen and oxygen atoms in total. The van der Waals surface area contributed by atoms with Crippen LogP contribution in [0.2, 0.25) is 0 Å². The summed E-state index contributed by atoms with van der Waals surface area (Å²) in [6, 6.07) is 26.1. The number of carbonyl (C=O) groups excluding carboxylic acids is 1. The van der Waals surface area contributed by atoms with E-state index in [0.29, 0.717) is 31.2 Å². The largest absolute Gasteiger partial charge is 0.490 e. The van der Waals surface area contributed by atoms with Crippen molar-refractivity contribution in [1.82, 2.24) is 0 Å². The molecule has 0 atom stereocenters. The van der Waals surface area contributed by atoms with Crippen molar-refractivity contribution in [3.8, 4) is 11.5 Å². The Balaban J connectivity index is 1.43. The van der Waals surface area contributed by atoms with Gasteiger partial charge in [0.2, 0.25) is 0 Å². The van der Waals surface area contributed by atoms with Crippen LogP contribution in [0.25, 0.3) is 0 Å². The molecule has 0 aromatic heterocycles. The molecule has 4 rings (SSSR count). The van der Waals surface area contributed by atoms with E-state index in [4.69, 9.17) is 9.47 Å². The number of fused-ring (bicyclic) bond motifs is 1. The fourth-order valence-electron chi connectivity index (χ4n) is 3.46. The van der Waals surface area contributed by atoms with Gasteiger partial charge in [-0.25, -0.2) is 0 Å². The highest BCUT2D eigenvalue weighted by Crippen LogP contribution is 2.32. The average Bonchev–Trinajstić information content (AvgIpc) is 3.00. The number of quaternary nitrogens is 1. The van der Waals surface area contributed by atoms with E-state index in [1.54, 1.807) is 0 Å². The normalized spacial score (nSPS) is 13.0. The van der Waals surface area contributed by atoms with E-state index in [0.717, 1.165) is 12.2 Å². The van der Waals surface area contributed by atoms with Gasteiger partial charge in [0.05, 0.1) is 13.2 Å². The SMILES string of the molecule is O=C(C[NH2+]C(c1ccccc1)c1ccccc1)Nc1ccc2c(c1)OCCCO2. The molecule has 0 saturated carbocycles. The summed E-state index contributed by atoms with van der Waals surface area (Å²) in [5.41, 5.74) is 3.05. The number of nitrogens with one attached hydrogen (secondary N) is 1. The van der Waals surface area contributed by atoms with E-state index < -0.39 is 0 Å². The lowest BCUT2D eigenvalue weighted by Crippen LogP contribution is -2.87. The predicted molar refractivity (Wildman–Crippen MR) is 112 cm³/mol. The maximum atomic E-state index is 12.6. The molecule has 0 fully saturated rings. The highest BCUT2D eigenvalue weighted by Gasteiger charge is 2.19. The number of nitrogens with two attached hydrogens (primary N) is 1. The van der Waals surface area contributed by atoms with Crippen LogP contribution in [-0.2, 0) is 4.79 Å². The number of rotatable bonds is 6. The Labute approximate surface area is 170 Å². The fraction of sp³-hybridized carbons (Fsp3) is 0.208. The molecule has 5 heteroatoms. The van der Waals surface area contributed by atoms with Gasteiger partial charge in [0.15, 0.2) is 18.0 Å². The van der Waals surface area contributed by atoms with Crippen LogP contribution in [0.5, 0.6) is 11.5 Å². The molecule has 1 amide bonds. The Morgan fingerprint density at radius 2 is 1.48 bits per heavy atom. The molecule has 1 aliphatic heterocycles. The van der Waals surface area contributed by atoms with Gasteiger partial charge < -0.3 is 20.1 Å². The van der Waals surface area contributed by atoms with E-state index in [-0.39, 0.29) is 11.9 Å². The molecule has 29 heavy (non-hydrogen) atoms. The molecule has 0 bridgehead atoms.